The van der Waals surface area contributed by atoms with Crippen LogP contribution < -0.4 is 0 Å². The predicted molar refractivity (Wildman–Crippen MR) is 289 cm³/mol. The smallest absolute Gasteiger partial charge is 0.306 e. The van der Waals surface area contributed by atoms with Gasteiger partial charge in [-0.3, -0.25) is 9.59 Å². The molecule has 0 saturated heterocycles. The molecule has 0 aromatic heterocycles. The molecule has 0 amide bonds. The second-order valence-electron chi connectivity index (χ2n) is 20.3. The van der Waals surface area contributed by atoms with Gasteiger partial charge in [-0.1, -0.05) is 289 Å². The highest BCUT2D eigenvalue weighted by Crippen LogP contribution is 2.17. The molecule has 1 atom stereocenters. The molecule has 0 aliphatic heterocycles. The number of unbranched alkanes of at least 4 members (excludes halogenated alkanes) is 41. The van der Waals surface area contributed by atoms with Gasteiger partial charge in [0.2, 0.25) is 0 Å². The highest BCUT2D eigenvalue weighted by molar-refractivity contribution is 5.70. The minimum atomic E-state index is -0.535. The number of esters is 2. The van der Waals surface area contributed by atoms with Crippen molar-refractivity contribution in [2.24, 2.45) is 0 Å². The van der Waals surface area contributed by atoms with E-state index >= 15 is 0 Å². The molecule has 5 heteroatoms. The summed E-state index contributed by atoms with van der Waals surface area (Å²) in [7, 11) is 0. The van der Waals surface area contributed by atoms with Crippen molar-refractivity contribution in [3.05, 3.63) is 24.3 Å². The maximum absolute atomic E-state index is 12.9. The van der Waals surface area contributed by atoms with E-state index < -0.39 is 6.10 Å². The van der Waals surface area contributed by atoms with Gasteiger partial charge in [0.1, 0.15) is 6.61 Å². The number of hydrogen-bond acceptors (Lipinski definition) is 5. The van der Waals surface area contributed by atoms with E-state index in [-0.39, 0.29) is 25.2 Å². The molecule has 0 radical (unpaired) electrons. The Kier molecular flexibility index (Phi) is 56.3. The zero-order valence-corrected chi connectivity index (χ0v) is 45.0. The molecule has 5 nitrogen and oxygen atoms in total. The fourth-order valence-corrected chi connectivity index (χ4v) is 9.01. The van der Waals surface area contributed by atoms with E-state index in [9.17, 15) is 9.59 Å². The van der Waals surface area contributed by atoms with Crippen LogP contribution in [0.3, 0.4) is 0 Å². The molecule has 0 N–H and O–H groups in total. The van der Waals surface area contributed by atoms with Gasteiger partial charge in [0.05, 0.1) is 6.61 Å². The number of carbonyl (C=O) groups is 2. The van der Waals surface area contributed by atoms with Gasteiger partial charge in [-0.15, -0.1) is 0 Å². The van der Waals surface area contributed by atoms with Crippen molar-refractivity contribution >= 4 is 11.9 Å². The third kappa shape index (κ3) is 55.0. The molecular formula is C61H116O5. The van der Waals surface area contributed by atoms with Gasteiger partial charge in [-0.2, -0.15) is 0 Å². The first-order chi connectivity index (χ1) is 32.6. The van der Waals surface area contributed by atoms with Crippen molar-refractivity contribution in [3.63, 3.8) is 0 Å². The molecule has 0 aromatic rings. The van der Waals surface area contributed by atoms with Crippen molar-refractivity contribution in [2.75, 3.05) is 19.8 Å². The number of carbonyl (C=O) groups excluding carboxylic acids is 2. The fourth-order valence-electron chi connectivity index (χ4n) is 9.01. The van der Waals surface area contributed by atoms with Crippen molar-refractivity contribution in [3.8, 4) is 0 Å². The first-order valence-electron chi connectivity index (χ1n) is 29.9. The predicted octanol–water partition coefficient (Wildman–Crippen LogP) is 20.4. The minimum absolute atomic E-state index is 0.0895. The summed E-state index contributed by atoms with van der Waals surface area (Å²) in [5, 5.41) is 0. The molecule has 0 spiro atoms. The molecule has 0 aliphatic rings. The third-order valence-electron chi connectivity index (χ3n) is 13.5. The largest absolute Gasteiger partial charge is 0.462 e. The van der Waals surface area contributed by atoms with E-state index in [2.05, 4.69) is 45.1 Å². The van der Waals surface area contributed by atoms with Gasteiger partial charge in [-0.05, 0) is 51.4 Å². The highest BCUT2D eigenvalue weighted by Gasteiger charge is 2.17. The van der Waals surface area contributed by atoms with Crippen molar-refractivity contribution < 1.29 is 23.8 Å². The molecule has 0 heterocycles. The molecule has 0 bridgehead atoms. The van der Waals surface area contributed by atoms with Crippen LogP contribution in [0.15, 0.2) is 24.3 Å². The van der Waals surface area contributed by atoms with E-state index in [1.807, 2.05) is 0 Å². The van der Waals surface area contributed by atoms with Crippen LogP contribution in [-0.2, 0) is 23.8 Å². The Bertz CT molecular complexity index is 1010. The van der Waals surface area contributed by atoms with E-state index in [1.54, 1.807) is 0 Å². The van der Waals surface area contributed by atoms with Gasteiger partial charge in [-0.25, -0.2) is 0 Å². The van der Waals surface area contributed by atoms with Crippen LogP contribution in [0.25, 0.3) is 0 Å². The van der Waals surface area contributed by atoms with Crippen LogP contribution >= 0.6 is 0 Å². The molecule has 0 saturated carbocycles. The SMILES string of the molecule is CCCCC/C=C\C/C=C\CCCCCCCCOCC(COC(=O)CCCCCCCCCCCCCCCCCCCCC)OC(=O)CCCCCCCCCCCCCCCCC. The summed E-state index contributed by atoms with van der Waals surface area (Å²) in [4.78, 5) is 25.5. The standard InChI is InChI=1S/C61H116O5/c1-4-7-10-13-16-19-22-25-28-30-31-32-34-36-39-42-45-48-51-54-60(62)65-58-59(57-64-56-53-50-47-44-41-38-35-29-26-23-20-17-14-11-8-5-2)66-61(63)55-52-49-46-43-40-37-33-27-24-21-18-15-12-9-6-3/h17,20,26,29,59H,4-16,18-19,21-25,27-28,30-58H2,1-3H3/b20-17-,29-26-. The zero-order valence-electron chi connectivity index (χ0n) is 45.0. The Morgan fingerprint density at radius 1 is 0.333 bits per heavy atom. The molecule has 0 rings (SSSR count). The van der Waals surface area contributed by atoms with Crippen LogP contribution in [-0.4, -0.2) is 37.9 Å². The summed E-state index contributed by atoms with van der Waals surface area (Å²) in [6.07, 6.45) is 69.1. The van der Waals surface area contributed by atoms with Gasteiger partial charge < -0.3 is 14.2 Å². The molecule has 66 heavy (non-hydrogen) atoms. The lowest BCUT2D eigenvalue weighted by Crippen LogP contribution is -2.30. The lowest BCUT2D eigenvalue weighted by molar-refractivity contribution is -0.163. The van der Waals surface area contributed by atoms with E-state index in [4.69, 9.17) is 14.2 Å². The molecule has 0 aromatic carbocycles. The summed E-state index contributed by atoms with van der Waals surface area (Å²) in [5.41, 5.74) is 0. The maximum Gasteiger partial charge on any atom is 0.306 e. The van der Waals surface area contributed by atoms with Crippen molar-refractivity contribution in [1.29, 1.82) is 0 Å². The van der Waals surface area contributed by atoms with Crippen LogP contribution in [0.4, 0.5) is 0 Å². The summed E-state index contributed by atoms with van der Waals surface area (Å²) in [5.74, 6) is -0.377. The second kappa shape index (κ2) is 57.7. The van der Waals surface area contributed by atoms with E-state index in [0.717, 1.165) is 44.9 Å². The molecule has 390 valence electrons. The van der Waals surface area contributed by atoms with E-state index in [1.165, 1.54) is 250 Å². The summed E-state index contributed by atoms with van der Waals surface area (Å²) in [6, 6.07) is 0. The second-order valence-corrected chi connectivity index (χ2v) is 20.3. The fraction of sp³-hybridized carbons (Fsp3) is 0.902. The summed E-state index contributed by atoms with van der Waals surface area (Å²) >= 11 is 0. The lowest BCUT2D eigenvalue weighted by Gasteiger charge is -2.18. The summed E-state index contributed by atoms with van der Waals surface area (Å²) < 4.78 is 17.5. The zero-order chi connectivity index (χ0) is 47.7. The summed E-state index contributed by atoms with van der Waals surface area (Å²) in [6.45, 7) is 7.86. The van der Waals surface area contributed by atoms with Crippen molar-refractivity contribution in [1.82, 2.24) is 0 Å². The van der Waals surface area contributed by atoms with Gasteiger partial charge in [0.15, 0.2) is 6.10 Å². The normalized spacial score (nSPS) is 12.2. The topological polar surface area (TPSA) is 61.8 Å². The molecule has 0 fully saturated rings. The number of hydrogen-bond donors (Lipinski definition) is 0. The molecule has 1 unspecified atom stereocenters. The van der Waals surface area contributed by atoms with Crippen LogP contribution in [0.2, 0.25) is 0 Å². The quantitative estimate of drug-likeness (QED) is 0.0345. The van der Waals surface area contributed by atoms with Crippen LogP contribution in [0.5, 0.6) is 0 Å². The number of rotatable bonds is 56. The Morgan fingerprint density at radius 3 is 1.03 bits per heavy atom. The average molecular weight is 930 g/mol. The first kappa shape index (κ1) is 64.4. The van der Waals surface area contributed by atoms with Crippen molar-refractivity contribution in [2.45, 2.75) is 335 Å². The Labute approximate surface area is 413 Å². The minimum Gasteiger partial charge on any atom is -0.462 e. The Morgan fingerprint density at radius 2 is 0.636 bits per heavy atom. The average Bonchev–Trinajstić information content (AvgIpc) is 3.32. The first-order valence-corrected chi connectivity index (χ1v) is 29.9. The van der Waals surface area contributed by atoms with Crippen LogP contribution in [0.1, 0.15) is 329 Å². The molecule has 0 aliphatic carbocycles. The maximum atomic E-state index is 12.9. The Hall–Kier alpha value is -1.62. The number of ether oxygens (including phenoxy) is 3. The van der Waals surface area contributed by atoms with Gasteiger partial charge in [0, 0.05) is 19.4 Å². The van der Waals surface area contributed by atoms with Gasteiger partial charge in [0.25, 0.3) is 0 Å². The lowest BCUT2D eigenvalue weighted by atomic mass is 10.0. The highest BCUT2D eigenvalue weighted by atomic mass is 16.6. The monoisotopic (exact) mass is 929 g/mol. The Balaban J connectivity index is 4.21. The van der Waals surface area contributed by atoms with Crippen LogP contribution in [0, 0.1) is 0 Å². The third-order valence-corrected chi connectivity index (χ3v) is 13.5. The number of allylic oxidation sites excluding steroid dienone is 4. The van der Waals surface area contributed by atoms with Gasteiger partial charge >= 0.3 is 11.9 Å². The molecular weight excluding hydrogens is 813 g/mol. The van der Waals surface area contributed by atoms with E-state index in [0.29, 0.717) is 19.4 Å².